The number of aromatic nitrogens is 2. The van der Waals surface area contributed by atoms with Crippen molar-refractivity contribution >= 4 is 11.8 Å². The van der Waals surface area contributed by atoms with Crippen LogP contribution in [0, 0.1) is 0 Å². The molecule has 0 aromatic carbocycles. The number of nitrogens with one attached hydrogen (secondary N) is 1. The Morgan fingerprint density at radius 2 is 1.81 bits per heavy atom. The summed E-state index contributed by atoms with van der Waals surface area (Å²) in [6.45, 7) is 4.00. The molecule has 0 spiro atoms. The molecular weight excluding hydrogens is 281 g/mol. The van der Waals surface area contributed by atoms with E-state index in [4.69, 9.17) is 0 Å². The second-order valence-electron chi connectivity index (χ2n) is 5.26. The van der Waals surface area contributed by atoms with E-state index in [0.29, 0.717) is 12.4 Å². The zero-order chi connectivity index (χ0) is 15.3. The van der Waals surface area contributed by atoms with Crippen molar-refractivity contribution < 1.29 is 13.2 Å². The van der Waals surface area contributed by atoms with Crippen molar-refractivity contribution in [1.29, 1.82) is 0 Å². The molecule has 1 aromatic rings. The number of hydrogen-bond donors (Lipinski definition) is 1. The highest BCUT2D eigenvalue weighted by Gasteiger charge is 2.34. The van der Waals surface area contributed by atoms with Gasteiger partial charge in [0.1, 0.15) is 5.82 Å². The van der Waals surface area contributed by atoms with Crippen LogP contribution in [-0.2, 0) is 6.18 Å². The molecule has 1 fully saturated rings. The monoisotopic (exact) mass is 302 g/mol. The van der Waals surface area contributed by atoms with Gasteiger partial charge in [-0.25, -0.2) is 4.98 Å². The number of alkyl halides is 3. The first-order chi connectivity index (χ1) is 10.0. The molecule has 2 heterocycles. The number of hydrogen-bond acceptors (Lipinski definition) is 4. The normalized spacial score (nSPS) is 16.7. The summed E-state index contributed by atoms with van der Waals surface area (Å²) in [7, 11) is 0. The molecule has 1 aliphatic heterocycles. The minimum Gasteiger partial charge on any atom is -0.356 e. The zero-order valence-corrected chi connectivity index (χ0v) is 12.2. The van der Waals surface area contributed by atoms with E-state index in [-0.39, 0.29) is 5.95 Å². The molecule has 1 aromatic heterocycles. The van der Waals surface area contributed by atoms with Gasteiger partial charge in [-0.3, -0.25) is 0 Å². The van der Waals surface area contributed by atoms with Crippen molar-refractivity contribution in [2.24, 2.45) is 0 Å². The van der Waals surface area contributed by atoms with E-state index in [2.05, 4.69) is 15.3 Å². The Labute approximate surface area is 122 Å². The van der Waals surface area contributed by atoms with Gasteiger partial charge in [-0.15, -0.1) is 0 Å². The lowest BCUT2D eigenvalue weighted by molar-refractivity contribution is -0.141. The highest BCUT2D eigenvalue weighted by molar-refractivity contribution is 5.45. The fourth-order valence-corrected chi connectivity index (χ4v) is 2.36. The van der Waals surface area contributed by atoms with Gasteiger partial charge >= 0.3 is 6.18 Å². The molecule has 0 aliphatic carbocycles. The predicted octanol–water partition coefficient (Wildman–Crippen LogP) is 3.70. The van der Waals surface area contributed by atoms with Crippen LogP contribution in [0.3, 0.4) is 0 Å². The van der Waals surface area contributed by atoms with Crippen LogP contribution in [-0.4, -0.2) is 29.6 Å². The van der Waals surface area contributed by atoms with E-state index in [1.807, 2.05) is 11.8 Å². The van der Waals surface area contributed by atoms with E-state index >= 15 is 0 Å². The zero-order valence-electron chi connectivity index (χ0n) is 12.2. The molecule has 118 valence electrons. The Morgan fingerprint density at radius 1 is 1.14 bits per heavy atom. The topological polar surface area (TPSA) is 41.1 Å². The molecule has 1 aliphatic rings. The Kier molecular flexibility index (Phi) is 5.25. The number of nitrogens with zero attached hydrogens (tertiary/aromatic N) is 3. The number of anilines is 2. The van der Waals surface area contributed by atoms with Gasteiger partial charge in [0.25, 0.3) is 0 Å². The summed E-state index contributed by atoms with van der Waals surface area (Å²) in [5.74, 6) is 0.434. The van der Waals surface area contributed by atoms with Gasteiger partial charge < -0.3 is 10.2 Å². The summed E-state index contributed by atoms with van der Waals surface area (Å²) in [6, 6.07) is 1.06. The van der Waals surface area contributed by atoms with Crippen LogP contribution >= 0.6 is 0 Å². The lowest BCUT2D eigenvalue weighted by Gasteiger charge is -2.23. The standard InChI is InChI=1S/C14H21F3N4/c1-2-7-18-13-19-11(14(15,16)17)10-12(20-13)21-8-5-3-4-6-9-21/h10H,2-9H2,1H3,(H,18,19,20). The van der Waals surface area contributed by atoms with E-state index in [0.717, 1.165) is 51.3 Å². The van der Waals surface area contributed by atoms with Gasteiger partial charge in [0.05, 0.1) is 0 Å². The highest BCUT2D eigenvalue weighted by Crippen LogP contribution is 2.31. The third-order valence-electron chi connectivity index (χ3n) is 3.47. The fraction of sp³-hybridized carbons (Fsp3) is 0.714. The molecule has 1 saturated heterocycles. The molecule has 0 atom stereocenters. The van der Waals surface area contributed by atoms with Crippen LogP contribution in [0.25, 0.3) is 0 Å². The summed E-state index contributed by atoms with van der Waals surface area (Å²) in [4.78, 5) is 9.77. The Hall–Kier alpha value is -1.53. The first-order valence-corrected chi connectivity index (χ1v) is 7.46. The van der Waals surface area contributed by atoms with Crippen LogP contribution < -0.4 is 10.2 Å². The SMILES string of the molecule is CCCNc1nc(N2CCCCCC2)cc(C(F)(F)F)n1. The van der Waals surface area contributed by atoms with Crippen molar-refractivity contribution in [1.82, 2.24) is 9.97 Å². The van der Waals surface area contributed by atoms with Crippen LogP contribution in [0.4, 0.5) is 24.9 Å². The molecule has 0 unspecified atom stereocenters. The van der Waals surface area contributed by atoms with Crippen LogP contribution in [0.1, 0.15) is 44.7 Å². The molecule has 4 nitrogen and oxygen atoms in total. The fourth-order valence-electron chi connectivity index (χ4n) is 2.36. The summed E-state index contributed by atoms with van der Waals surface area (Å²) in [6.07, 6.45) is 0.570. The first kappa shape index (κ1) is 15.9. The number of halogens is 3. The second kappa shape index (κ2) is 6.95. The van der Waals surface area contributed by atoms with E-state index in [9.17, 15) is 13.2 Å². The first-order valence-electron chi connectivity index (χ1n) is 7.46. The Balaban J connectivity index is 2.29. The Bertz CT molecular complexity index is 454. The third kappa shape index (κ3) is 4.47. The molecule has 21 heavy (non-hydrogen) atoms. The van der Waals surface area contributed by atoms with Crippen molar-refractivity contribution in [2.45, 2.75) is 45.2 Å². The second-order valence-corrected chi connectivity index (χ2v) is 5.26. The summed E-state index contributed by atoms with van der Waals surface area (Å²) in [5.41, 5.74) is -0.879. The van der Waals surface area contributed by atoms with Crippen molar-refractivity contribution in [3.8, 4) is 0 Å². The molecule has 7 heteroatoms. The molecule has 0 radical (unpaired) electrons. The van der Waals surface area contributed by atoms with Crippen LogP contribution in [0.15, 0.2) is 6.07 Å². The lowest BCUT2D eigenvalue weighted by atomic mass is 10.2. The third-order valence-corrected chi connectivity index (χ3v) is 3.47. The van der Waals surface area contributed by atoms with E-state index in [1.54, 1.807) is 0 Å². The maximum atomic E-state index is 13.0. The van der Waals surface area contributed by atoms with Crippen molar-refractivity contribution in [2.75, 3.05) is 29.9 Å². The van der Waals surface area contributed by atoms with Crippen molar-refractivity contribution in [3.05, 3.63) is 11.8 Å². The van der Waals surface area contributed by atoms with Gasteiger partial charge in [0, 0.05) is 25.7 Å². The Morgan fingerprint density at radius 3 is 2.38 bits per heavy atom. The van der Waals surface area contributed by atoms with Gasteiger partial charge in [-0.2, -0.15) is 18.2 Å². The van der Waals surface area contributed by atoms with E-state index < -0.39 is 11.9 Å². The van der Waals surface area contributed by atoms with E-state index in [1.165, 1.54) is 0 Å². The molecule has 0 amide bonds. The van der Waals surface area contributed by atoms with Crippen LogP contribution in [0.5, 0.6) is 0 Å². The van der Waals surface area contributed by atoms with Gasteiger partial charge in [-0.05, 0) is 19.3 Å². The van der Waals surface area contributed by atoms with Gasteiger partial charge in [0.2, 0.25) is 5.95 Å². The average Bonchev–Trinajstić information content (AvgIpc) is 2.73. The van der Waals surface area contributed by atoms with Crippen molar-refractivity contribution in [3.63, 3.8) is 0 Å². The molecule has 0 saturated carbocycles. The molecule has 1 N–H and O–H groups in total. The minimum atomic E-state index is -4.45. The maximum Gasteiger partial charge on any atom is 0.433 e. The summed E-state index contributed by atoms with van der Waals surface area (Å²) in [5, 5.41) is 2.85. The number of rotatable bonds is 4. The molecular formula is C14H21F3N4. The predicted molar refractivity (Wildman–Crippen MR) is 76.5 cm³/mol. The molecule has 2 rings (SSSR count). The van der Waals surface area contributed by atoms with Gasteiger partial charge in [0.15, 0.2) is 5.69 Å². The molecule has 0 bridgehead atoms. The smallest absolute Gasteiger partial charge is 0.356 e. The van der Waals surface area contributed by atoms with Gasteiger partial charge in [-0.1, -0.05) is 19.8 Å². The summed E-state index contributed by atoms with van der Waals surface area (Å²) >= 11 is 0. The van der Waals surface area contributed by atoms with Crippen LogP contribution in [0.2, 0.25) is 0 Å². The average molecular weight is 302 g/mol. The minimum absolute atomic E-state index is 0.0610. The summed E-state index contributed by atoms with van der Waals surface area (Å²) < 4.78 is 38.9. The quantitative estimate of drug-likeness (QED) is 0.921. The maximum absolute atomic E-state index is 13.0. The largest absolute Gasteiger partial charge is 0.433 e. The highest BCUT2D eigenvalue weighted by atomic mass is 19.4. The lowest BCUT2D eigenvalue weighted by Crippen LogP contribution is -2.26.